The molecule has 0 unspecified atom stereocenters. The minimum absolute atomic E-state index is 0.0589. The SMILES string of the molecule is CC(C)(C)OC(=O)N/C=C1/COc2c1cc(C(=O)C(F)(F)F)nc2-c1ccc(F)c(Cl)c1. The average Bonchev–Trinajstić information content (AvgIpc) is 3.08. The average molecular weight is 473 g/mol. The molecule has 1 aromatic heterocycles. The molecule has 6 nitrogen and oxygen atoms in total. The first-order valence-electron chi connectivity index (χ1n) is 9.20. The van der Waals surface area contributed by atoms with Crippen molar-refractivity contribution in [1.82, 2.24) is 10.3 Å². The number of ketones is 1. The number of alkyl carbamates (subject to hydrolysis) is 1. The monoisotopic (exact) mass is 472 g/mol. The second-order valence-corrected chi connectivity index (χ2v) is 8.20. The van der Waals surface area contributed by atoms with Gasteiger partial charge in [0.05, 0.1) is 5.02 Å². The smallest absolute Gasteiger partial charge is 0.456 e. The number of carbonyl (C=O) groups excluding carboxylic acids is 2. The predicted octanol–water partition coefficient (Wildman–Crippen LogP) is 5.54. The molecular weight excluding hydrogens is 456 g/mol. The Labute approximate surface area is 185 Å². The van der Waals surface area contributed by atoms with E-state index in [1.807, 2.05) is 0 Å². The van der Waals surface area contributed by atoms with Gasteiger partial charge in [0.2, 0.25) is 0 Å². The number of hydrogen-bond acceptors (Lipinski definition) is 5. The van der Waals surface area contributed by atoms with Gasteiger partial charge in [0.15, 0.2) is 5.75 Å². The molecule has 11 heteroatoms. The molecule has 0 radical (unpaired) electrons. The van der Waals surface area contributed by atoms with Crippen molar-refractivity contribution in [2.24, 2.45) is 0 Å². The van der Waals surface area contributed by atoms with Gasteiger partial charge in [-0.05, 0) is 45.0 Å². The number of amides is 1. The molecule has 1 N–H and O–H groups in total. The number of ether oxygens (including phenoxy) is 2. The maximum atomic E-state index is 13.6. The highest BCUT2D eigenvalue weighted by Gasteiger charge is 2.41. The van der Waals surface area contributed by atoms with Gasteiger partial charge < -0.3 is 9.47 Å². The lowest BCUT2D eigenvalue weighted by molar-refractivity contribution is -0.0888. The fourth-order valence-electron chi connectivity index (χ4n) is 2.82. The van der Waals surface area contributed by atoms with Gasteiger partial charge >= 0.3 is 12.3 Å². The minimum Gasteiger partial charge on any atom is -0.486 e. The number of fused-ring (bicyclic) bond motifs is 1. The van der Waals surface area contributed by atoms with Gasteiger partial charge in [-0.2, -0.15) is 13.2 Å². The largest absolute Gasteiger partial charge is 0.486 e. The number of hydrogen-bond donors (Lipinski definition) is 1. The zero-order chi connectivity index (χ0) is 23.8. The van der Waals surface area contributed by atoms with E-state index in [1.54, 1.807) is 20.8 Å². The lowest BCUT2D eigenvalue weighted by Gasteiger charge is -2.18. The molecule has 2 heterocycles. The Kier molecular flexibility index (Phi) is 6.19. The van der Waals surface area contributed by atoms with Crippen molar-refractivity contribution in [3.63, 3.8) is 0 Å². The first-order valence-corrected chi connectivity index (χ1v) is 9.58. The Balaban J connectivity index is 2.09. The summed E-state index contributed by atoms with van der Waals surface area (Å²) in [6, 6.07) is 4.34. The highest BCUT2D eigenvalue weighted by molar-refractivity contribution is 6.31. The van der Waals surface area contributed by atoms with Crippen LogP contribution >= 0.6 is 11.6 Å². The van der Waals surface area contributed by atoms with E-state index in [4.69, 9.17) is 21.1 Å². The summed E-state index contributed by atoms with van der Waals surface area (Å²) < 4.78 is 63.4. The number of nitrogens with one attached hydrogen (secondary N) is 1. The standard InChI is InChI=1S/C21H17ClF4N2O4/c1-20(2,3)32-19(30)27-8-11-9-31-17-12(11)7-15(18(29)21(24,25)26)28-16(17)10-4-5-14(23)13(22)6-10/h4-8H,9H2,1-3H3,(H,27,30)/b11-8-. The lowest BCUT2D eigenvalue weighted by atomic mass is 10.0. The summed E-state index contributed by atoms with van der Waals surface area (Å²) in [7, 11) is 0. The number of carbonyl (C=O) groups is 2. The molecule has 0 saturated heterocycles. The van der Waals surface area contributed by atoms with Crippen molar-refractivity contribution in [3.8, 4) is 17.0 Å². The van der Waals surface area contributed by atoms with Gasteiger partial charge in [-0.3, -0.25) is 10.1 Å². The Morgan fingerprint density at radius 2 is 1.91 bits per heavy atom. The summed E-state index contributed by atoms with van der Waals surface area (Å²) in [5.41, 5.74) is -1.25. The molecular formula is C21H17ClF4N2O4. The van der Waals surface area contributed by atoms with Crippen LogP contribution in [0.4, 0.5) is 22.4 Å². The van der Waals surface area contributed by atoms with Crippen LogP contribution in [0.15, 0.2) is 30.5 Å². The molecule has 1 amide bonds. The summed E-state index contributed by atoms with van der Waals surface area (Å²) in [5, 5.41) is 2.09. The molecule has 0 spiro atoms. The van der Waals surface area contributed by atoms with Gasteiger partial charge in [0.25, 0.3) is 5.78 Å². The molecule has 0 fully saturated rings. The molecule has 0 saturated carbocycles. The van der Waals surface area contributed by atoms with Crippen molar-refractivity contribution >= 4 is 29.1 Å². The van der Waals surface area contributed by atoms with Crippen molar-refractivity contribution in [2.75, 3.05) is 6.61 Å². The van der Waals surface area contributed by atoms with Crippen LogP contribution in [-0.4, -0.2) is 35.2 Å². The molecule has 1 aromatic carbocycles. The third kappa shape index (κ3) is 5.18. The third-order valence-corrected chi connectivity index (χ3v) is 4.43. The van der Waals surface area contributed by atoms with E-state index in [-0.39, 0.29) is 39.8 Å². The Hall–Kier alpha value is -3.14. The van der Waals surface area contributed by atoms with Crippen molar-refractivity contribution in [2.45, 2.75) is 32.5 Å². The predicted molar refractivity (Wildman–Crippen MR) is 108 cm³/mol. The molecule has 3 rings (SSSR count). The van der Waals surface area contributed by atoms with Gasteiger partial charge in [-0.1, -0.05) is 11.6 Å². The molecule has 0 bridgehead atoms. The summed E-state index contributed by atoms with van der Waals surface area (Å²) >= 11 is 5.79. The normalized spacial score (nSPS) is 14.7. The Morgan fingerprint density at radius 1 is 1.22 bits per heavy atom. The minimum atomic E-state index is -5.17. The van der Waals surface area contributed by atoms with E-state index in [9.17, 15) is 27.2 Å². The number of pyridine rings is 1. The molecule has 0 atom stereocenters. The maximum Gasteiger partial charge on any atom is 0.456 e. The number of Topliss-reactive ketones (excluding diaryl/α,β-unsaturated/α-hetero) is 1. The van der Waals surface area contributed by atoms with Gasteiger partial charge in [0.1, 0.15) is 29.4 Å². The number of alkyl halides is 3. The summed E-state index contributed by atoms with van der Waals surface area (Å²) in [6.07, 6.45) is -4.75. The number of aromatic nitrogens is 1. The van der Waals surface area contributed by atoms with Crippen molar-refractivity contribution in [3.05, 3.63) is 52.6 Å². The first kappa shape index (κ1) is 23.5. The van der Waals surface area contributed by atoms with Gasteiger partial charge in [-0.15, -0.1) is 0 Å². The molecule has 0 aliphatic carbocycles. The second-order valence-electron chi connectivity index (χ2n) is 7.79. The van der Waals surface area contributed by atoms with E-state index in [2.05, 4.69) is 10.3 Å². The van der Waals surface area contributed by atoms with E-state index < -0.39 is 35.2 Å². The molecule has 1 aliphatic heterocycles. The van der Waals surface area contributed by atoms with Crippen LogP contribution in [-0.2, 0) is 4.74 Å². The third-order valence-electron chi connectivity index (χ3n) is 4.14. The number of halogens is 5. The van der Waals surface area contributed by atoms with Crippen LogP contribution in [0.2, 0.25) is 5.02 Å². The number of rotatable bonds is 3. The Morgan fingerprint density at radius 3 is 2.50 bits per heavy atom. The van der Waals surface area contributed by atoms with E-state index >= 15 is 0 Å². The lowest BCUT2D eigenvalue weighted by Crippen LogP contribution is -2.29. The maximum absolute atomic E-state index is 13.6. The zero-order valence-electron chi connectivity index (χ0n) is 17.1. The van der Waals surface area contributed by atoms with Crippen LogP contribution in [0.5, 0.6) is 5.75 Å². The van der Waals surface area contributed by atoms with E-state index in [1.165, 1.54) is 12.3 Å². The van der Waals surface area contributed by atoms with Gasteiger partial charge in [0, 0.05) is 22.9 Å². The summed E-state index contributed by atoms with van der Waals surface area (Å²) in [6.45, 7) is 4.86. The number of nitrogens with zero attached hydrogens (tertiary/aromatic N) is 1. The van der Waals surface area contributed by atoms with Crippen molar-refractivity contribution < 1.29 is 36.6 Å². The van der Waals surface area contributed by atoms with E-state index in [0.717, 1.165) is 18.2 Å². The topological polar surface area (TPSA) is 77.5 Å². The highest BCUT2D eigenvalue weighted by atomic mass is 35.5. The Bertz CT molecular complexity index is 1120. The number of benzene rings is 1. The van der Waals surface area contributed by atoms with Crippen molar-refractivity contribution in [1.29, 1.82) is 0 Å². The summed E-state index contributed by atoms with van der Waals surface area (Å²) in [5.74, 6) is -2.85. The van der Waals surface area contributed by atoms with Crippen LogP contribution in [0.3, 0.4) is 0 Å². The molecule has 170 valence electrons. The fourth-order valence-corrected chi connectivity index (χ4v) is 3.00. The van der Waals surface area contributed by atoms with Gasteiger partial charge in [-0.25, -0.2) is 14.2 Å². The zero-order valence-corrected chi connectivity index (χ0v) is 17.8. The van der Waals surface area contributed by atoms with Crippen LogP contribution in [0, 0.1) is 5.82 Å². The van der Waals surface area contributed by atoms with Crippen LogP contribution in [0.25, 0.3) is 16.8 Å². The summed E-state index contributed by atoms with van der Waals surface area (Å²) in [4.78, 5) is 27.6. The molecule has 1 aliphatic rings. The highest BCUT2D eigenvalue weighted by Crippen LogP contribution is 2.42. The first-order chi connectivity index (χ1) is 14.8. The van der Waals surface area contributed by atoms with Crippen LogP contribution < -0.4 is 10.1 Å². The second kappa shape index (κ2) is 8.42. The fraction of sp³-hybridized carbons (Fsp3) is 0.286. The van der Waals surface area contributed by atoms with Crippen LogP contribution in [0.1, 0.15) is 36.8 Å². The molecule has 2 aromatic rings. The molecule has 32 heavy (non-hydrogen) atoms. The quantitative estimate of drug-likeness (QED) is 0.468. The van der Waals surface area contributed by atoms with E-state index in [0.29, 0.717) is 0 Å².